The molecule has 0 atom stereocenters. The van der Waals surface area contributed by atoms with Crippen LogP contribution in [0.25, 0.3) is 0 Å². The molecule has 0 saturated heterocycles. The smallest absolute Gasteiger partial charge is 0.228 e. The van der Waals surface area contributed by atoms with Crippen LogP contribution in [0.15, 0.2) is 24.5 Å². The van der Waals surface area contributed by atoms with Crippen molar-refractivity contribution in [1.29, 1.82) is 5.26 Å². The summed E-state index contributed by atoms with van der Waals surface area (Å²) in [6.07, 6.45) is 1.19. The van der Waals surface area contributed by atoms with Gasteiger partial charge in [-0.25, -0.2) is 14.4 Å². The fraction of sp³-hybridized carbons (Fsp3) is 0.0833. The Morgan fingerprint density at radius 3 is 2.84 bits per heavy atom. The number of nitriles is 1. The average molecular weight is 298 g/mol. The number of rotatable bonds is 3. The molecule has 0 fully saturated rings. The van der Waals surface area contributed by atoms with E-state index in [2.05, 4.69) is 9.97 Å². The fourth-order valence-corrected chi connectivity index (χ4v) is 1.88. The van der Waals surface area contributed by atoms with Gasteiger partial charge in [-0.05, 0) is 12.1 Å². The van der Waals surface area contributed by atoms with Crippen molar-refractivity contribution in [3.8, 4) is 17.7 Å². The van der Waals surface area contributed by atoms with Gasteiger partial charge < -0.3 is 4.74 Å². The second kappa shape index (κ2) is 5.83. The lowest BCUT2D eigenvalue weighted by molar-refractivity contribution is 0.450. The molecule has 96 valence electrons. The zero-order valence-electron chi connectivity index (χ0n) is 9.40. The molecule has 4 nitrogen and oxygen atoms in total. The van der Waals surface area contributed by atoms with E-state index in [4.69, 9.17) is 33.2 Å². The standard InChI is InChI=1S/C12H6Cl2FN3O/c13-4-7-11(14)17-6-18-12(7)19-10-3-1-2-9(15)8(10)5-16/h1-3,6H,4H2. The summed E-state index contributed by atoms with van der Waals surface area (Å²) in [6, 6.07) is 5.77. The van der Waals surface area contributed by atoms with E-state index in [9.17, 15) is 4.39 Å². The third-order valence-electron chi connectivity index (χ3n) is 2.28. The zero-order valence-corrected chi connectivity index (χ0v) is 10.9. The van der Waals surface area contributed by atoms with Crippen LogP contribution in [-0.2, 0) is 5.88 Å². The Kier molecular flexibility index (Phi) is 4.15. The molecule has 2 aromatic rings. The molecule has 0 aliphatic heterocycles. The molecular formula is C12H6Cl2FN3O. The van der Waals surface area contributed by atoms with Crippen molar-refractivity contribution in [1.82, 2.24) is 9.97 Å². The Morgan fingerprint density at radius 1 is 1.37 bits per heavy atom. The van der Waals surface area contributed by atoms with E-state index in [0.717, 1.165) is 0 Å². The Balaban J connectivity index is 2.46. The van der Waals surface area contributed by atoms with Gasteiger partial charge in [0.25, 0.3) is 0 Å². The van der Waals surface area contributed by atoms with Gasteiger partial charge in [0.05, 0.1) is 11.4 Å². The van der Waals surface area contributed by atoms with Crippen molar-refractivity contribution in [2.24, 2.45) is 0 Å². The molecule has 0 N–H and O–H groups in total. The SMILES string of the molecule is N#Cc1c(F)cccc1Oc1ncnc(Cl)c1CCl. The Labute approximate surface area is 118 Å². The van der Waals surface area contributed by atoms with Crippen molar-refractivity contribution in [2.45, 2.75) is 5.88 Å². The van der Waals surface area contributed by atoms with Crippen molar-refractivity contribution in [3.63, 3.8) is 0 Å². The summed E-state index contributed by atoms with van der Waals surface area (Å²) in [6.45, 7) is 0. The largest absolute Gasteiger partial charge is 0.437 e. The van der Waals surface area contributed by atoms with Crippen LogP contribution in [0.1, 0.15) is 11.1 Å². The topological polar surface area (TPSA) is 58.8 Å². The van der Waals surface area contributed by atoms with Gasteiger partial charge in [-0.3, -0.25) is 0 Å². The highest BCUT2D eigenvalue weighted by Crippen LogP contribution is 2.30. The Morgan fingerprint density at radius 2 is 2.16 bits per heavy atom. The highest BCUT2D eigenvalue weighted by molar-refractivity contribution is 6.31. The minimum atomic E-state index is -0.674. The van der Waals surface area contributed by atoms with Crippen LogP contribution in [0, 0.1) is 17.1 Å². The van der Waals surface area contributed by atoms with E-state index >= 15 is 0 Å². The number of aromatic nitrogens is 2. The first-order valence-electron chi connectivity index (χ1n) is 5.09. The van der Waals surface area contributed by atoms with Gasteiger partial charge >= 0.3 is 0 Å². The molecule has 1 heterocycles. The van der Waals surface area contributed by atoms with Gasteiger partial charge in [0.2, 0.25) is 5.88 Å². The fourth-order valence-electron chi connectivity index (χ4n) is 1.38. The summed E-state index contributed by atoms with van der Waals surface area (Å²) in [5.41, 5.74) is 0.164. The second-order valence-electron chi connectivity index (χ2n) is 3.41. The van der Waals surface area contributed by atoms with Crippen molar-refractivity contribution in [3.05, 3.63) is 46.6 Å². The molecule has 0 saturated carbocycles. The van der Waals surface area contributed by atoms with Crippen LogP contribution in [0.2, 0.25) is 5.15 Å². The number of benzene rings is 1. The summed E-state index contributed by atoms with van der Waals surface area (Å²) in [7, 11) is 0. The number of ether oxygens (including phenoxy) is 1. The predicted octanol–water partition coefficient (Wildman–Crippen LogP) is 3.67. The quantitative estimate of drug-likeness (QED) is 0.640. The van der Waals surface area contributed by atoms with Crippen LogP contribution in [0.4, 0.5) is 4.39 Å². The first-order chi connectivity index (χ1) is 9.17. The number of halogens is 3. The first kappa shape index (κ1) is 13.5. The van der Waals surface area contributed by atoms with Gasteiger partial charge in [0.1, 0.15) is 34.7 Å². The maximum absolute atomic E-state index is 13.4. The lowest BCUT2D eigenvalue weighted by Crippen LogP contribution is -1.98. The predicted molar refractivity (Wildman–Crippen MR) is 67.8 cm³/mol. The Bertz CT molecular complexity index is 658. The van der Waals surface area contributed by atoms with Crippen LogP contribution in [0.3, 0.4) is 0 Å². The first-order valence-corrected chi connectivity index (χ1v) is 6.00. The highest BCUT2D eigenvalue weighted by atomic mass is 35.5. The van der Waals surface area contributed by atoms with E-state index in [1.54, 1.807) is 6.07 Å². The molecule has 19 heavy (non-hydrogen) atoms. The lowest BCUT2D eigenvalue weighted by atomic mass is 10.2. The molecule has 2 rings (SSSR count). The summed E-state index contributed by atoms with van der Waals surface area (Å²) in [5.74, 6) is -0.500. The molecule has 1 aromatic carbocycles. The van der Waals surface area contributed by atoms with Crippen molar-refractivity contribution in [2.75, 3.05) is 0 Å². The Hall–Kier alpha value is -1.90. The number of nitrogens with zero attached hydrogens (tertiary/aromatic N) is 3. The summed E-state index contributed by atoms with van der Waals surface area (Å²) >= 11 is 11.6. The molecule has 0 aliphatic rings. The highest BCUT2D eigenvalue weighted by Gasteiger charge is 2.15. The van der Waals surface area contributed by atoms with E-state index in [1.165, 1.54) is 24.5 Å². The minimum Gasteiger partial charge on any atom is -0.437 e. The van der Waals surface area contributed by atoms with Crippen LogP contribution >= 0.6 is 23.2 Å². The van der Waals surface area contributed by atoms with Gasteiger partial charge in [-0.15, -0.1) is 11.6 Å². The molecular weight excluding hydrogens is 292 g/mol. The second-order valence-corrected chi connectivity index (χ2v) is 4.03. The molecule has 0 spiro atoms. The molecule has 1 aromatic heterocycles. The molecule has 0 unspecified atom stereocenters. The third-order valence-corrected chi connectivity index (χ3v) is 2.87. The van der Waals surface area contributed by atoms with Gasteiger partial charge in [-0.1, -0.05) is 17.7 Å². The normalized spacial score (nSPS) is 10.0. The third kappa shape index (κ3) is 2.75. The van der Waals surface area contributed by atoms with Crippen molar-refractivity contribution < 1.29 is 9.13 Å². The molecule has 0 amide bonds. The molecule has 7 heteroatoms. The lowest BCUT2D eigenvalue weighted by Gasteiger charge is -2.10. The summed E-state index contributed by atoms with van der Waals surface area (Å²) < 4.78 is 18.8. The van der Waals surface area contributed by atoms with Gasteiger partial charge in [-0.2, -0.15) is 5.26 Å². The number of hydrogen-bond acceptors (Lipinski definition) is 4. The summed E-state index contributed by atoms with van der Waals surface area (Å²) in [4.78, 5) is 7.64. The molecule has 0 bridgehead atoms. The van der Waals surface area contributed by atoms with Crippen LogP contribution < -0.4 is 4.74 Å². The van der Waals surface area contributed by atoms with E-state index in [-0.39, 0.29) is 28.2 Å². The maximum atomic E-state index is 13.4. The number of hydrogen-bond donors (Lipinski definition) is 0. The van der Waals surface area contributed by atoms with Crippen LogP contribution in [0.5, 0.6) is 11.6 Å². The van der Waals surface area contributed by atoms with Crippen LogP contribution in [-0.4, -0.2) is 9.97 Å². The van der Waals surface area contributed by atoms with E-state index in [0.29, 0.717) is 5.56 Å². The number of alkyl halides is 1. The molecule has 0 aliphatic carbocycles. The summed E-state index contributed by atoms with van der Waals surface area (Å²) in [5, 5.41) is 9.05. The van der Waals surface area contributed by atoms with E-state index < -0.39 is 5.82 Å². The van der Waals surface area contributed by atoms with E-state index in [1.807, 2.05) is 0 Å². The zero-order chi connectivity index (χ0) is 13.8. The average Bonchev–Trinajstić information content (AvgIpc) is 2.39. The van der Waals surface area contributed by atoms with Crippen molar-refractivity contribution >= 4 is 23.2 Å². The monoisotopic (exact) mass is 297 g/mol. The minimum absolute atomic E-state index is 0.0339. The maximum Gasteiger partial charge on any atom is 0.228 e. The van der Waals surface area contributed by atoms with Gasteiger partial charge in [0, 0.05) is 0 Å². The molecule has 0 radical (unpaired) electrons. The van der Waals surface area contributed by atoms with Gasteiger partial charge in [0.15, 0.2) is 0 Å².